The third-order valence-electron chi connectivity index (χ3n) is 4.23. The van der Waals surface area contributed by atoms with Crippen LogP contribution in [0.5, 0.6) is 0 Å². The first-order valence-electron chi connectivity index (χ1n) is 8.58. The standard InChI is InChI=1S/C19H17N5O3S/c1-10-8-16(26)17(11(2)25)18(27-10)20-14-6-4-13(5-7-14)15-9-28-19-22-21-12(3)24(19)23-15/h4-8,20H,9H2,1-3H3. The Morgan fingerprint density at radius 1 is 1.21 bits per heavy atom. The van der Waals surface area contributed by atoms with Crippen molar-refractivity contribution in [3.05, 3.63) is 63.3 Å². The molecule has 0 aliphatic carbocycles. The summed E-state index contributed by atoms with van der Waals surface area (Å²) in [4.78, 5) is 23.9. The monoisotopic (exact) mass is 395 g/mol. The van der Waals surface area contributed by atoms with Crippen molar-refractivity contribution >= 4 is 34.8 Å². The van der Waals surface area contributed by atoms with Gasteiger partial charge in [0.1, 0.15) is 11.3 Å². The number of thioether (sulfide) groups is 1. The molecule has 3 heterocycles. The minimum atomic E-state index is -0.357. The van der Waals surface area contributed by atoms with E-state index in [2.05, 4.69) is 20.6 Å². The van der Waals surface area contributed by atoms with E-state index in [9.17, 15) is 9.59 Å². The van der Waals surface area contributed by atoms with Gasteiger partial charge in [-0.15, -0.1) is 10.2 Å². The molecule has 8 nitrogen and oxygen atoms in total. The molecule has 1 N–H and O–H groups in total. The molecule has 3 aromatic rings. The molecule has 1 aliphatic heterocycles. The highest BCUT2D eigenvalue weighted by atomic mass is 32.2. The van der Waals surface area contributed by atoms with Crippen LogP contribution in [0.2, 0.25) is 0 Å². The summed E-state index contributed by atoms with van der Waals surface area (Å²) in [7, 11) is 0. The molecule has 9 heteroatoms. The van der Waals surface area contributed by atoms with E-state index < -0.39 is 0 Å². The molecule has 0 bridgehead atoms. The number of benzene rings is 1. The number of fused-ring (bicyclic) bond motifs is 1. The Hall–Kier alpha value is -3.20. The molecule has 0 radical (unpaired) electrons. The first-order valence-corrected chi connectivity index (χ1v) is 9.57. The maximum absolute atomic E-state index is 12.1. The summed E-state index contributed by atoms with van der Waals surface area (Å²) in [6.45, 7) is 4.87. The molecular formula is C19H17N5O3S. The summed E-state index contributed by atoms with van der Waals surface area (Å²) in [6.07, 6.45) is 0. The topological polar surface area (TPSA) is 102 Å². The molecule has 0 fully saturated rings. The summed E-state index contributed by atoms with van der Waals surface area (Å²) >= 11 is 1.58. The van der Waals surface area contributed by atoms with Gasteiger partial charge >= 0.3 is 0 Å². The molecule has 0 saturated heterocycles. The fourth-order valence-corrected chi connectivity index (χ4v) is 3.76. The molecule has 0 spiro atoms. The summed E-state index contributed by atoms with van der Waals surface area (Å²) in [5.41, 5.74) is 2.24. The number of rotatable bonds is 4. The van der Waals surface area contributed by atoms with Gasteiger partial charge in [0.2, 0.25) is 11.0 Å². The van der Waals surface area contributed by atoms with Gasteiger partial charge in [0, 0.05) is 17.5 Å². The Labute approximate surface area is 164 Å². The van der Waals surface area contributed by atoms with E-state index >= 15 is 0 Å². The van der Waals surface area contributed by atoms with Gasteiger partial charge in [-0.25, -0.2) is 0 Å². The smallest absolute Gasteiger partial charge is 0.212 e. The molecular weight excluding hydrogens is 378 g/mol. The minimum Gasteiger partial charge on any atom is -0.445 e. The molecule has 0 saturated carbocycles. The van der Waals surface area contributed by atoms with Gasteiger partial charge in [-0.1, -0.05) is 23.9 Å². The number of nitrogens with zero attached hydrogens (tertiary/aromatic N) is 4. The molecule has 0 atom stereocenters. The number of aryl methyl sites for hydroxylation is 2. The fraction of sp³-hybridized carbons (Fsp3) is 0.211. The summed E-state index contributed by atoms with van der Waals surface area (Å²) in [5, 5.41) is 16.5. The lowest BCUT2D eigenvalue weighted by Gasteiger charge is -2.14. The van der Waals surface area contributed by atoms with E-state index in [1.54, 1.807) is 23.4 Å². The second kappa shape index (κ2) is 7.08. The van der Waals surface area contributed by atoms with Gasteiger partial charge in [0.05, 0.1) is 5.71 Å². The van der Waals surface area contributed by atoms with Crippen LogP contribution in [0.3, 0.4) is 0 Å². The molecule has 2 aromatic heterocycles. The molecule has 0 amide bonds. The number of anilines is 2. The Balaban J connectivity index is 1.62. The average molecular weight is 395 g/mol. The van der Waals surface area contributed by atoms with Crippen LogP contribution >= 0.6 is 11.8 Å². The molecule has 0 unspecified atom stereocenters. The quantitative estimate of drug-likeness (QED) is 0.677. The van der Waals surface area contributed by atoms with E-state index in [4.69, 9.17) is 4.42 Å². The minimum absolute atomic E-state index is 0.0124. The number of ketones is 1. The third-order valence-corrected chi connectivity index (χ3v) is 5.16. The Kier molecular flexibility index (Phi) is 4.60. The maximum atomic E-state index is 12.1. The van der Waals surface area contributed by atoms with Crippen molar-refractivity contribution in [1.82, 2.24) is 14.9 Å². The van der Waals surface area contributed by atoms with Gasteiger partial charge in [-0.2, -0.15) is 9.78 Å². The SMILES string of the molecule is CC(=O)c1c(Nc2ccc(C3=Nn4c(C)nnc4SC3)cc2)oc(C)cc1=O. The zero-order chi connectivity index (χ0) is 19.8. The van der Waals surface area contributed by atoms with Gasteiger partial charge in [-0.05, 0) is 38.5 Å². The van der Waals surface area contributed by atoms with Crippen LogP contribution in [0.15, 0.2) is 49.8 Å². The summed E-state index contributed by atoms with van der Waals surface area (Å²) in [6, 6.07) is 8.86. The van der Waals surface area contributed by atoms with Crippen molar-refractivity contribution in [2.24, 2.45) is 5.10 Å². The molecule has 142 valence electrons. The lowest BCUT2D eigenvalue weighted by atomic mass is 10.1. The first-order chi connectivity index (χ1) is 13.4. The van der Waals surface area contributed by atoms with Crippen LogP contribution < -0.4 is 10.7 Å². The van der Waals surface area contributed by atoms with Crippen molar-refractivity contribution in [2.45, 2.75) is 25.9 Å². The average Bonchev–Trinajstić information content (AvgIpc) is 3.02. The third kappa shape index (κ3) is 3.36. The Morgan fingerprint density at radius 2 is 1.96 bits per heavy atom. The predicted octanol–water partition coefficient (Wildman–Crippen LogP) is 3.15. The second-order valence-electron chi connectivity index (χ2n) is 6.36. The number of carbonyl (C=O) groups excluding carboxylic acids is 1. The van der Waals surface area contributed by atoms with Gasteiger partial charge in [-0.3, -0.25) is 9.59 Å². The highest BCUT2D eigenvalue weighted by Crippen LogP contribution is 2.25. The second-order valence-corrected chi connectivity index (χ2v) is 7.30. The van der Waals surface area contributed by atoms with Crippen molar-refractivity contribution in [2.75, 3.05) is 11.1 Å². The molecule has 1 aromatic carbocycles. The maximum Gasteiger partial charge on any atom is 0.212 e. The first kappa shape index (κ1) is 18.2. The van der Waals surface area contributed by atoms with Crippen LogP contribution in [0.1, 0.15) is 34.4 Å². The normalized spacial score (nSPS) is 13.0. The van der Waals surface area contributed by atoms with Crippen LogP contribution in [-0.4, -0.2) is 32.1 Å². The van der Waals surface area contributed by atoms with Gasteiger partial charge in [0.25, 0.3) is 0 Å². The Morgan fingerprint density at radius 3 is 2.68 bits per heavy atom. The van der Waals surface area contributed by atoms with Crippen molar-refractivity contribution in [1.29, 1.82) is 0 Å². The Bertz CT molecular complexity index is 1160. The summed E-state index contributed by atoms with van der Waals surface area (Å²) < 4.78 is 7.30. The molecule has 4 rings (SSSR count). The van der Waals surface area contributed by atoms with E-state index in [-0.39, 0.29) is 22.7 Å². The summed E-state index contributed by atoms with van der Waals surface area (Å²) in [5.74, 6) is 1.68. The number of carbonyl (C=O) groups is 1. The fourth-order valence-electron chi connectivity index (χ4n) is 2.88. The molecule has 28 heavy (non-hydrogen) atoms. The van der Waals surface area contributed by atoms with E-state index in [1.165, 1.54) is 13.0 Å². The van der Waals surface area contributed by atoms with Crippen LogP contribution in [-0.2, 0) is 0 Å². The van der Waals surface area contributed by atoms with E-state index in [1.807, 2.05) is 31.2 Å². The molecule has 1 aliphatic rings. The highest BCUT2D eigenvalue weighted by Gasteiger charge is 2.19. The van der Waals surface area contributed by atoms with Crippen LogP contribution in [0, 0.1) is 13.8 Å². The number of Topliss-reactive ketones (excluding diaryl/α,β-unsaturated/α-hetero) is 1. The van der Waals surface area contributed by atoms with E-state index in [0.29, 0.717) is 17.2 Å². The number of nitrogens with one attached hydrogen (secondary N) is 1. The van der Waals surface area contributed by atoms with Gasteiger partial charge in [0.15, 0.2) is 17.0 Å². The van der Waals surface area contributed by atoms with Crippen molar-refractivity contribution in [3.63, 3.8) is 0 Å². The highest BCUT2D eigenvalue weighted by molar-refractivity contribution is 7.99. The number of hydrogen-bond acceptors (Lipinski definition) is 8. The largest absolute Gasteiger partial charge is 0.445 e. The van der Waals surface area contributed by atoms with Crippen LogP contribution in [0.25, 0.3) is 0 Å². The predicted molar refractivity (Wildman–Crippen MR) is 107 cm³/mol. The number of aromatic nitrogens is 3. The van der Waals surface area contributed by atoms with Gasteiger partial charge < -0.3 is 9.73 Å². The van der Waals surface area contributed by atoms with Crippen molar-refractivity contribution < 1.29 is 9.21 Å². The zero-order valence-electron chi connectivity index (χ0n) is 15.5. The van der Waals surface area contributed by atoms with Crippen LogP contribution in [0.4, 0.5) is 11.6 Å². The van der Waals surface area contributed by atoms with Crippen molar-refractivity contribution in [3.8, 4) is 0 Å². The number of hydrogen-bond donors (Lipinski definition) is 1. The van der Waals surface area contributed by atoms with E-state index in [0.717, 1.165) is 22.3 Å². The lowest BCUT2D eigenvalue weighted by Crippen LogP contribution is -2.15. The lowest BCUT2D eigenvalue weighted by molar-refractivity contribution is 0.101. The zero-order valence-corrected chi connectivity index (χ0v) is 16.3.